The van der Waals surface area contributed by atoms with E-state index in [1.54, 1.807) is 0 Å². The molecule has 2 nitrogen and oxygen atoms in total. The van der Waals surface area contributed by atoms with Crippen LogP contribution >= 0.6 is 0 Å². The van der Waals surface area contributed by atoms with Crippen molar-refractivity contribution in [2.24, 2.45) is 5.73 Å². The molecule has 2 heteroatoms. The summed E-state index contributed by atoms with van der Waals surface area (Å²) < 4.78 is 0. The first-order chi connectivity index (χ1) is 3.29. The van der Waals surface area contributed by atoms with E-state index in [2.05, 4.69) is 0 Å². The van der Waals surface area contributed by atoms with Crippen molar-refractivity contribution >= 4 is 0 Å². The Kier molecular flexibility index (Phi) is 1.30. The molecule has 1 aliphatic carbocycles. The molecule has 2 atom stereocenters. The molecule has 0 aromatic carbocycles. The highest BCUT2D eigenvalue weighted by molar-refractivity contribution is 4.76. The third kappa shape index (κ3) is 1.14. The molecule has 0 aliphatic heterocycles. The quantitative estimate of drug-likeness (QED) is 0.446. The van der Waals surface area contributed by atoms with E-state index < -0.39 is 0 Å². The number of nitrogens with two attached hydrogens (primary N) is 1. The zero-order valence-corrected chi connectivity index (χ0v) is 4.30. The smallest absolute Gasteiger partial charge is 0.0555 e. The molecule has 0 saturated heterocycles. The highest BCUT2D eigenvalue weighted by Crippen LogP contribution is 2.15. The predicted octanol–water partition coefficient (Wildman–Crippen LogP) is -0.142. The second-order valence-electron chi connectivity index (χ2n) is 2.23. The molecule has 0 bridgehead atoms. The van der Waals surface area contributed by atoms with Crippen LogP contribution in [0.5, 0.6) is 0 Å². The van der Waals surface area contributed by atoms with E-state index >= 15 is 0 Å². The van der Waals surface area contributed by atoms with Crippen LogP contribution in [0.3, 0.4) is 0 Å². The Morgan fingerprint density at radius 3 is 2.29 bits per heavy atom. The van der Waals surface area contributed by atoms with Crippen molar-refractivity contribution in [1.82, 2.24) is 0 Å². The molecule has 1 aliphatic rings. The molecule has 1 fully saturated rings. The SMILES string of the molecule is N[C@@H]1CCC(O)C1. The van der Waals surface area contributed by atoms with E-state index in [4.69, 9.17) is 10.8 Å². The third-order valence-electron chi connectivity index (χ3n) is 1.45. The van der Waals surface area contributed by atoms with Crippen molar-refractivity contribution in [1.29, 1.82) is 0 Å². The molecule has 7 heavy (non-hydrogen) atoms. The molecular weight excluding hydrogens is 90.1 g/mol. The van der Waals surface area contributed by atoms with Gasteiger partial charge >= 0.3 is 0 Å². The highest BCUT2D eigenvalue weighted by Gasteiger charge is 2.18. The van der Waals surface area contributed by atoms with Crippen LogP contribution in [-0.2, 0) is 0 Å². The van der Waals surface area contributed by atoms with Crippen LogP contribution in [0, 0.1) is 0 Å². The molecule has 3 N–H and O–H groups in total. The number of hydrogen-bond donors (Lipinski definition) is 2. The Labute approximate surface area is 43.3 Å². The maximum atomic E-state index is 8.82. The summed E-state index contributed by atoms with van der Waals surface area (Å²) in [5, 5.41) is 8.82. The fraction of sp³-hybridized carbons (Fsp3) is 1.00. The Hall–Kier alpha value is -0.0800. The Bertz CT molecular complexity index is 57.1. The largest absolute Gasteiger partial charge is 0.393 e. The number of hydrogen-bond acceptors (Lipinski definition) is 2. The summed E-state index contributed by atoms with van der Waals surface area (Å²) in [5.41, 5.74) is 5.47. The lowest BCUT2D eigenvalue weighted by Crippen LogP contribution is -2.15. The van der Waals surface area contributed by atoms with E-state index in [1.165, 1.54) is 0 Å². The van der Waals surface area contributed by atoms with Gasteiger partial charge in [0.25, 0.3) is 0 Å². The predicted molar refractivity (Wildman–Crippen MR) is 27.8 cm³/mol. The van der Waals surface area contributed by atoms with E-state index in [-0.39, 0.29) is 12.1 Å². The molecule has 0 heterocycles. The van der Waals surface area contributed by atoms with Crippen LogP contribution in [0.1, 0.15) is 19.3 Å². The van der Waals surface area contributed by atoms with Gasteiger partial charge < -0.3 is 10.8 Å². The average Bonchev–Trinajstić information content (AvgIpc) is 1.87. The lowest BCUT2D eigenvalue weighted by Gasteiger charge is -1.96. The van der Waals surface area contributed by atoms with Crippen LogP contribution in [0.25, 0.3) is 0 Å². The van der Waals surface area contributed by atoms with Gasteiger partial charge in [0.2, 0.25) is 0 Å². The minimum Gasteiger partial charge on any atom is -0.393 e. The Morgan fingerprint density at radius 1 is 1.43 bits per heavy atom. The summed E-state index contributed by atoms with van der Waals surface area (Å²) in [6.45, 7) is 0. The molecule has 0 spiro atoms. The topological polar surface area (TPSA) is 46.2 Å². The highest BCUT2D eigenvalue weighted by atomic mass is 16.3. The summed E-state index contributed by atoms with van der Waals surface area (Å²) in [6.07, 6.45) is 2.61. The monoisotopic (exact) mass is 101 g/mol. The molecule has 0 amide bonds. The van der Waals surface area contributed by atoms with Crippen LogP contribution < -0.4 is 5.73 Å². The van der Waals surface area contributed by atoms with Gasteiger partial charge in [0, 0.05) is 6.04 Å². The van der Waals surface area contributed by atoms with Crippen molar-refractivity contribution < 1.29 is 5.11 Å². The molecular formula is C5H11NO. The summed E-state index contributed by atoms with van der Waals surface area (Å²) >= 11 is 0. The lowest BCUT2D eigenvalue weighted by atomic mass is 10.3. The zero-order chi connectivity index (χ0) is 5.28. The van der Waals surface area contributed by atoms with Gasteiger partial charge in [-0.25, -0.2) is 0 Å². The van der Waals surface area contributed by atoms with Gasteiger partial charge in [0.1, 0.15) is 0 Å². The van der Waals surface area contributed by atoms with Crippen molar-refractivity contribution in [2.45, 2.75) is 31.4 Å². The average molecular weight is 101 g/mol. The number of rotatable bonds is 0. The molecule has 0 aromatic heterocycles. The molecule has 1 unspecified atom stereocenters. The fourth-order valence-corrected chi connectivity index (χ4v) is 0.992. The first kappa shape index (κ1) is 5.06. The molecule has 1 rings (SSSR count). The van der Waals surface area contributed by atoms with E-state index in [0.29, 0.717) is 0 Å². The maximum absolute atomic E-state index is 8.82. The standard InChI is InChI=1S/C5H11NO/c6-4-1-2-5(7)3-4/h4-5,7H,1-3,6H2/t4-,5?/m1/s1. The van der Waals surface area contributed by atoms with E-state index in [9.17, 15) is 0 Å². The van der Waals surface area contributed by atoms with Crippen LogP contribution in [-0.4, -0.2) is 17.3 Å². The number of aliphatic hydroxyl groups excluding tert-OH is 1. The van der Waals surface area contributed by atoms with Crippen LogP contribution in [0.4, 0.5) is 0 Å². The molecule has 0 radical (unpaired) electrons. The third-order valence-corrected chi connectivity index (χ3v) is 1.45. The van der Waals surface area contributed by atoms with Gasteiger partial charge in [-0.05, 0) is 19.3 Å². The summed E-state index contributed by atoms with van der Waals surface area (Å²) in [5.74, 6) is 0. The first-order valence-electron chi connectivity index (χ1n) is 2.72. The van der Waals surface area contributed by atoms with Gasteiger partial charge in [-0.1, -0.05) is 0 Å². The van der Waals surface area contributed by atoms with E-state index in [0.717, 1.165) is 19.3 Å². The van der Waals surface area contributed by atoms with Crippen molar-refractivity contribution in [2.75, 3.05) is 0 Å². The van der Waals surface area contributed by atoms with E-state index in [1.807, 2.05) is 0 Å². The second-order valence-corrected chi connectivity index (χ2v) is 2.23. The van der Waals surface area contributed by atoms with Crippen molar-refractivity contribution in [3.63, 3.8) is 0 Å². The van der Waals surface area contributed by atoms with Crippen LogP contribution in [0.2, 0.25) is 0 Å². The maximum Gasteiger partial charge on any atom is 0.0555 e. The Balaban J connectivity index is 2.26. The fourth-order valence-electron chi connectivity index (χ4n) is 0.992. The van der Waals surface area contributed by atoms with Gasteiger partial charge in [-0.2, -0.15) is 0 Å². The van der Waals surface area contributed by atoms with Gasteiger partial charge in [0.15, 0.2) is 0 Å². The normalized spacial score (nSPS) is 42.0. The summed E-state index contributed by atoms with van der Waals surface area (Å²) in [7, 11) is 0. The van der Waals surface area contributed by atoms with Crippen molar-refractivity contribution in [3.05, 3.63) is 0 Å². The van der Waals surface area contributed by atoms with Crippen LogP contribution in [0.15, 0.2) is 0 Å². The van der Waals surface area contributed by atoms with Gasteiger partial charge in [-0.3, -0.25) is 0 Å². The minimum atomic E-state index is -0.102. The Morgan fingerprint density at radius 2 is 2.14 bits per heavy atom. The first-order valence-corrected chi connectivity index (χ1v) is 2.72. The molecule has 1 saturated carbocycles. The van der Waals surface area contributed by atoms with Crippen molar-refractivity contribution in [3.8, 4) is 0 Å². The van der Waals surface area contributed by atoms with Gasteiger partial charge in [0.05, 0.1) is 6.10 Å². The number of aliphatic hydroxyl groups is 1. The summed E-state index contributed by atoms with van der Waals surface area (Å²) in [6, 6.07) is 0.273. The zero-order valence-electron chi connectivity index (χ0n) is 4.30. The minimum absolute atomic E-state index is 0.102. The molecule has 42 valence electrons. The van der Waals surface area contributed by atoms with Gasteiger partial charge in [-0.15, -0.1) is 0 Å². The second kappa shape index (κ2) is 1.80. The summed E-state index contributed by atoms with van der Waals surface area (Å²) in [4.78, 5) is 0. The lowest BCUT2D eigenvalue weighted by molar-refractivity contribution is 0.181. The molecule has 0 aromatic rings.